The predicted octanol–water partition coefficient (Wildman–Crippen LogP) is 4.25. The van der Waals surface area contributed by atoms with Gasteiger partial charge in [0, 0.05) is 24.6 Å². The molecular weight excluding hydrogens is 551 g/mol. The maximum atomic E-state index is 14.3. The summed E-state index contributed by atoms with van der Waals surface area (Å²) >= 11 is 1.14. The number of esters is 1. The van der Waals surface area contributed by atoms with E-state index in [0.717, 1.165) is 9.13 Å². The number of halogens is 3. The highest BCUT2D eigenvalue weighted by atomic mass is 127. The number of fused-ring (bicyclic) bond motifs is 1. The number of hydrogen-bond acceptors (Lipinski definition) is 4. The molecule has 2 aromatic rings. The molecule has 1 aliphatic rings. The number of hydrogen-bond donors (Lipinski definition) is 0. The lowest BCUT2D eigenvalue weighted by Crippen LogP contribution is -2.32. The van der Waals surface area contributed by atoms with Crippen LogP contribution >= 0.6 is 43.6 Å². The van der Waals surface area contributed by atoms with Crippen LogP contribution in [-0.4, -0.2) is 21.9 Å². The molecule has 0 radical (unpaired) electrons. The standard InChI is InChI=1S/C18H14FI2NO3/c1-2-25-18(24)16-17(23)15-13(19)4-3-5-14(15)22(21-16)10-11-6-8-12(20)9-7-11/h3-9H,2,10H2,1H3. The van der Waals surface area contributed by atoms with Gasteiger partial charge in [0.2, 0.25) is 5.78 Å². The maximum absolute atomic E-state index is 14.3. The largest absolute Gasteiger partial charge is 0.462 e. The predicted molar refractivity (Wildman–Crippen MR) is 112 cm³/mol. The third-order valence-electron chi connectivity index (χ3n) is 3.56. The number of carbonyl (C=O) groups excluding carboxylic acids is 2. The van der Waals surface area contributed by atoms with Gasteiger partial charge in [-0.25, -0.2) is 9.18 Å². The molecule has 130 valence electrons. The molecule has 7 heteroatoms. The molecule has 4 nitrogen and oxygen atoms in total. The highest BCUT2D eigenvalue weighted by Crippen LogP contribution is 2.36. The van der Waals surface area contributed by atoms with Crippen LogP contribution in [0.3, 0.4) is 0 Å². The Labute approximate surface area is 168 Å². The molecule has 0 aliphatic carbocycles. The number of anilines is 1. The summed E-state index contributed by atoms with van der Waals surface area (Å²) in [5.74, 6) is -1.79. The summed E-state index contributed by atoms with van der Waals surface area (Å²) in [7, 11) is 0. The van der Waals surface area contributed by atoms with Crippen LogP contribution in [0.15, 0.2) is 42.5 Å². The SMILES string of the molecule is CCOC(=O)C1=IN(Cc2ccc(I)cc2)c2cccc(F)c2C1=O. The topological polar surface area (TPSA) is 46.6 Å². The first-order valence-electron chi connectivity index (χ1n) is 7.55. The van der Waals surface area contributed by atoms with Gasteiger partial charge in [-0.3, -0.25) is 4.79 Å². The quantitative estimate of drug-likeness (QED) is 0.316. The number of nitrogens with zero attached hydrogens (tertiary/aromatic N) is 1. The smallest absolute Gasteiger partial charge is 0.349 e. The zero-order valence-electron chi connectivity index (χ0n) is 13.3. The minimum Gasteiger partial charge on any atom is -0.462 e. The van der Waals surface area contributed by atoms with Gasteiger partial charge in [0.05, 0.1) is 24.4 Å². The van der Waals surface area contributed by atoms with Gasteiger partial charge < -0.3 is 7.85 Å². The van der Waals surface area contributed by atoms with Crippen molar-refractivity contribution < 1.29 is 18.7 Å². The van der Waals surface area contributed by atoms with E-state index in [1.54, 1.807) is 19.1 Å². The van der Waals surface area contributed by atoms with Crippen molar-refractivity contribution in [3.05, 3.63) is 63.0 Å². The number of rotatable bonds is 4. The van der Waals surface area contributed by atoms with Gasteiger partial charge in [-0.15, -0.1) is 0 Å². The molecule has 1 aliphatic heterocycles. The van der Waals surface area contributed by atoms with Crippen molar-refractivity contribution in [2.45, 2.75) is 13.5 Å². The molecule has 3 rings (SSSR count). The van der Waals surface area contributed by atoms with Gasteiger partial charge in [-0.2, -0.15) is 0 Å². The van der Waals surface area contributed by atoms with E-state index in [9.17, 15) is 14.0 Å². The first-order chi connectivity index (χ1) is 12.0. The number of Topliss-reactive ketones (excluding diaryl/α,β-unsaturated/α-hetero) is 1. The zero-order valence-corrected chi connectivity index (χ0v) is 17.6. The maximum Gasteiger partial charge on any atom is 0.349 e. The molecule has 0 spiro atoms. The third-order valence-corrected chi connectivity index (χ3v) is 7.13. The van der Waals surface area contributed by atoms with Crippen LogP contribution in [0.5, 0.6) is 0 Å². The van der Waals surface area contributed by atoms with Crippen molar-refractivity contribution in [3.63, 3.8) is 0 Å². The van der Waals surface area contributed by atoms with E-state index < -0.39 is 38.6 Å². The Bertz CT molecular complexity index is 865. The molecule has 0 unspecified atom stereocenters. The second-order valence-electron chi connectivity index (χ2n) is 5.23. The molecule has 2 aromatic carbocycles. The van der Waals surface area contributed by atoms with E-state index in [1.165, 1.54) is 6.07 Å². The Morgan fingerprint density at radius 3 is 2.64 bits per heavy atom. The molecule has 0 bridgehead atoms. The van der Waals surface area contributed by atoms with Crippen LogP contribution in [-0.2, 0) is 16.1 Å². The number of carbonyl (C=O) groups is 2. The van der Waals surface area contributed by atoms with E-state index in [-0.39, 0.29) is 15.7 Å². The minimum atomic E-state index is -1.09. The van der Waals surface area contributed by atoms with Gasteiger partial charge in [-0.05, 0) is 59.3 Å². The van der Waals surface area contributed by atoms with E-state index in [2.05, 4.69) is 22.6 Å². The molecule has 0 saturated carbocycles. The lowest BCUT2D eigenvalue weighted by molar-refractivity contribution is -0.134. The second-order valence-corrected chi connectivity index (χ2v) is 9.20. The van der Waals surface area contributed by atoms with Crippen molar-refractivity contribution in [2.75, 3.05) is 9.72 Å². The Balaban J connectivity index is 2.04. The van der Waals surface area contributed by atoms with Crippen molar-refractivity contribution in [1.29, 1.82) is 0 Å². The Kier molecular flexibility index (Phi) is 5.82. The molecule has 0 aromatic heterocycles. The lowest BCUT2D eigenvalue weighted by atomic mass is 10.0. The molecule has 0 N–H and O–H groups in total. The molecule has 0 amide bonds. The third kappa shape index (κ3) is 3.91. The summed E-state index contributed by atoms with van der Waals surface area (Å²) in [4.78, 5) is 24.8. The van der Waals surface area contributed by atoms with E-state index in [0.29, 0.717) is 12.2 Å². The van der Waals surface area contributed by atoms with E-state index >= 15 is 0 Å². The molecule has 1 heterocycles. The van der Waals surface area contributed by atoms with Crippen LogP contribution in [0.4, 0.5) is 10.1 Å². The second kappa shape index (κ2) is 7.90. The molecule has 0 atom stereocenters. The van der Waals surface area contributed by atoms with Crippen molar-refractivity contribution in [3.8, 4) is 0 Å². The van der Waals surface area contributed by atoms with Gasteiger partial charge in [-0.1, -0.05) is 18.2 Å². The van der Waals surface area contributed by atoms with Gasteiger partial charge >= 0.3 is 5.97 Å². The summed E-state index contributed by atoms with van der Waals surface area (Å²) in [5.41, 5.74) is 1.54. The average Bonchev–Trinajstić information content (AvgIpc) is 2.59. The van der Waals surface area contributed by atoms with E-state index in [4.69, 9.17) is 4.74 Å². The molecule has 0 saturated heterocycles. The van der Waals surface area contributed by atoms with Crippen LogP contribution < -0.4 is 3.11 Å². The Morgan fingerprint density at radius 2 is 1.96 bits per heavy atom. The molecular formula is C18H14FI2NO3. The first kappa shape index (κ1) is 18.4. The number of ether oxygens (including phenoxy) is 1. The summed E-state index contributed by atoms with van der Waals surface area (Å²) in [6.45, 7) is 2.37. The van der Waals surface area contributed by atoms with Gasteiger partial charge in [0.15, 0.2) is 3.51 Å². The summed E-state index contributed by atoms with van der Waals surface area (Å²) < 4.78 is 22.4. The number of ketones is 1. The average molecular weight is 565 g/mol. The monoisotopic (exact) mass is 565 g/mol. The summed E-state index contributed by atoms with van der Waals surface area (Å²) in [5, 5.41) is 0. The summed E-state index contributed by atoms with van der Waals surface area (Å²) in [6.07, 6.45) is 0. The van der Waals surface area contributed by atoms with Crippen molar-refractivity contribution in [1.82, 2.24) is 0 Å². The van der Waals surface area contributed by atoms with Gasteiger partial charge in [0.1, 0.15) is 5.82 Å². The number of benzene rings is 2. The van der Waals surface area contributed by atoms with Crippen molar-refractivity contribution >= 4 is 64.5 Å². The molecule has 25 heavy (non-hydrogen) atoms. The summed E-state index contributed by atoms with van der Waals surface area (Å²) in [6, 6.07) is 12.5. The van der Waals surface area contributed by atoms with E-state index in [1.807, 2.05) is 27.4 Å². The van der Waals surface area contributed by atoms with Crippen LogP contribution in [0.25, 0.3) is 0 Å². The van der Waals surface area contributed by atoms with Crippen LogP contribution in [0.2, 0.25) is 0 Å². The minimum absolute atomic E-state index is 0.0398. The highest BCUT2D eigenvalue weighted by Gasteiger charge is 2.33. The zero-order chi connectivity index (χ0) is 18.0. The lowest BCUT2D eigenvalue weighted by Gasteiger charge is -2.27. The molecule has 0 fully saturated rings. The fourth-order valence-electron chi connectivity index (χ4n) is 2.42. The van der Waals surface area contributed by atoms with Crippen molar-refractivity contribution in [2.24, 2.45) is 0 Å². The fourth-order valence-corrected chi connectivity index (χ4v) is 5.43. The van der Waals surface area contributed by atoms with Crippen LogP contribution in [0, 0.1) is 9.39 Å². The fraction of sp³-hybridized carbons (Fsp3) is 0.167. The Morgan fingerprint density at radius 1 is 1.24 bits per heavy atom. The van der Waals surface area contributed by atoms with Crippen LogP contribution in [0.1, 0.15) is 22.8 Å². The normalized spacial score (nSPS) is 13.6. The Hall–Kier alpha value is -1.36. The van der Waals surface area contributed by atoms with Gasteiger partial charge in [0.25, 0.3) is 0 Å². The first-order valence-corrected chi connectivity index (χ1v) is 10.7. The highest BCUT2D eigenvalue weighted by molar-refractivity contribution is 14.2.